The van der Waals surface area contributed by atoms with Crippen molar-refractivity contribution in [2.75, 3.05) is 17.6 Å². The minimum absolute atomic E-state index is 0.155. The number of anilines is 1. The van der Waals surface area contributed by atoms with Gasteiger partial charge in [-0.3, -0.25) is 20.4 Å². The van der Waals surface area contributed by atoms with Crippen molar-refractivity contribution in [2.24, 2.45) is 4.99 Å². The number of aliphatic imine (C=N–C) groups is 1. The van der Waals surface area contributed by atoms with Gasteiger partial charge in [-0.15, -0.1) is 11.8 Å². The maximum Gasteiger partial charge on any atom is 0.237 e. The Morgan fingerprint density at radius 2 is 1.87 bits per heavy atom. The van der Waals surface area contributed by atoms with Gasteiger partial charge >= 0.3 is 0 Å². The van der Waals surface area contributed by atoms with E-state index >= 15 is 0 Å². The molecule has 1 amide bonds. The summed E-state index contributed by atoms with van der Waals surface area (Å²) in [6, 6.07) is 9.96. The van der Waals surface area contributed by atoms with Gasteiger partial charge in [0.25, 0.3) is 0 Å². The Morgan fingerprint density at radius 1 is 1.13 bits per heavy atom. The number of guanidine groups is 1. The van der Waals surface area contributed by atoms with Crippen LogP contribution in [-0.4, -0.2) is 44.1 Å². The second kappa shape index (κ2) is 10.5. The maximum atomic E-state index is 12.5. The second-order valence-electron chi connectivity index (χ2n) is 6.81. The highest BCUT2D eigenvalue weighted by molar-refractivity contribution is 8.00. The summed E-state index contributed by atoms with van der Waals surface area (Å²) in [6.45, 7) is 6.30. The van der Waals surface area contributed by atoms with Crippen LogP contribution in [0.2, 0.25) is 0 Å². The molecule has 0 saturated heterocycles. The summed E-state index contributed by atoms with van der Waals surface area (Å²) in [5.41, 5.74) is 3.83. The first kappa shape index (κ1) is 21.5. The van der Waals surface area contributed by atoms with Gasteiger partial charge in [0.15, 0.2) is 0 Å². The molecule has 1 aromatic carbocycles. The Hall–Kier alpha value is -3.20. The van der Waals surface area contributed by atoms with Crippen LogP contribution in [0.4, 0.5) is 5.95 Å². The van der Waals surface area contributed by atoms with Crippen molar-refractivity contribution in [1.82, 2.24) is 25.3 Å². The van der Waals surface area contributed by atoms with Crippen LogP contribution in [0.1, 0.15) is 22.6 Å². The number of hydrogen-bond donors (Lipinski definition) is 3. The predicted molar refractivity (Wildman–Crippen MR) is 120 cm³/mol. The zero-order chi connectivity index (χ0) is 21.3. The normalized spacial score (nSPS) is 11.4. The summed E-state index contributed by atoms with van der Waals surface area (Å²) in [5, 5.41) is 5.88. The molecule has 0 aliphatic heterocycles. The lowest BCUT2D eigenvalue weighted by molar-refractivity contribution is -0.117. The number of aromatic amines is 1. The van der Waals surface area contributed by atoms with E-state index in [9.17, 15) is 4.79 Å². The lowest BCUT2D eigenvalue weighted by atomic mass is 10.2. The predicted octanol–water partition coefficient (Wildman–Crippen LogP) is 3.04. The van der Waals surface area contributed by atoms with E-state index in [0.29, 0.717) is 24.9 Å². The molecule has 3 N–H and O–H groups in total. The molecule has 0 aliphatic rings. The summed E-state index contributed by atoms with van der Waals surface area (Å²) >= 11 is 1.47. The number of rotatable bonds is 7. The van der Waals surface area contributed by atoms with Crippen LogP contribution in [0.15, 0.2) is 52.7 Å². The smallest absolute Gasteiger partial charge is 0.237 e. The molecular formula is C21H25N7OS. The number of benzene rings is 1. The fraction of sp³-hybridized carbons (Fsp3) is 0.286. The number of aromatic nitrogens is 4. The summed E-state index contributed by atoms with van der Waals surface area (Å²) in [5.74, 6) is 0.851. The van der Waals surface area contributed by atoms with Gasteiger partial charge < -0.3 is 4.98 Å². The Kier molecular flexibility index (Phi) is 7.56. The van der Waals surface area contributed by atoms with Crippen LogP contribution in [0, 0.1) is 20.8 Å². The number of imidazole rings is 1. The Morgan fingerprint density at radius 3 is 2.53 bits per heavy atom. The first-order valence-corrected chi connectivity index (χ1v) is 10.6. The van der Waals surface area contributed by atoms with Gasteiger partial charge in [-0.2, -0.15) is 0 Å². The Bertz CT molecular complexity index is 980. The third-order valence-electron chi connectivity index (χ3n) is 4.07. The second-order valence-corrected chi connectivity index (χ2v) is 7.86. The number of aryl methyl sites for hydroxylation is 3. The molecule has 0 atom stereocenters. The first-order chi connectivity index (χ1) is 14.5. The summed E-state index contributed by atoms with van der Waals surface area (Å²) in [7, 11) is 0. The minimum atomic E-state index is -0.155. The van der Waals surface area contributed by atoms with Crippen molar-refractivity contribution < 1.29 is 4.79 Å². The lowest BCUT2D eigenvalue weighted by Crippen LogP contribution is -2.38. The van der Waals surface area contributed by atoms with Gasteiger partial charge in [0.1, 0.15) is 0 Å². The quantitative estimate of drug-likeness (QED) is 0.306. The van der Waals surface area contributed by atoms with Crippen molar-refractivity contribution in [2.45, 2.75) is 32.1 Å². The van der Waals surface area contributed by atoms with E-state index < -0.39 is 0 Å². The van der Waals surface area contributed by atoms with Gasteiger partial charge in [0.05, 0.1) is 12.1 Å². The van der Waals surface area contributed by atoms with Crippen LogP contribution in [-0.2, 0) is 11.2 Å². The van der Waals surface area contributed by atoms with Crippen molar-refractivity contribution in [1.29, 1.82) is 0 Å². The molecule has 0 fully saturated rings. The highest BCUT2D eigenvalue weighted by atomic mass is 32.2. The van der Waals surface area contributed by atoms with E-state index in [1.54, 1.807) is 12.5 Å². The Labute approximate surface area is 180 Å². The minimum Gasteiger partial charge on any atom is -0.348 e. The van der Waals surface area contributed by atoms with E-state index in [1.165, 1.54) is 17.3 Å². The molecule has 2 aromatic heterocycles. The van der Waals surface area contributed by atoms with Crippen molar-refractivity contribution in [3.8, 4) is 0 Å². The summed E-state index contributed by atoms with van der Waals surface area (Å²) in [4.78, 5) is 33.8. The fourth-order valence-corrected chi connectivity index (χ4v) is 3.36. The summed E-state index contributed by atoms with van der Waals surface area (Å²) < 4.78 is 0. The van der Waals surface area contributed by atoms with Crippen molar-refractivity contribution >= 4 is 29.6 Å². The first-order valence-electron chi connectivity index (χ1n) is 9.58. The van der Waals surface area contributed by atoms with E-state index in [0.717, 1.165) is 22.0 Å². The molecule has 0 saturated carbocycles. The van der Waals surface area contributed by atoms with Gasteiger partial charge in [0, 0.05) is 41.1 Å². The van der Waals surface area contributed by atoms with Crippen molar-refractivity contribution in [3.63, 3.8) is 0 Å². The number of nitrogens with one attached hydrogen (secondary N) is 3. The third-order valence-corrected chi connectivity index (χ3v) is 5.08. The molecular weight excluding hydrogens is 398 g/mol. The van der Waals surface area contributed by atoms with Gasteiger partial charge in [-0.25, -0.2) is 15.0 Å². The van der Waals surface area contributed by atoms with Gasteiger partial charge in [-0.05, 0) is 39.0 Å². The number of thioether (sulfide) groups is 1. The SMILES string of the molecule is Cc1ccc(SCC(=O)NC(=NCCc2cnc[nH]2)Nc2nc(C)cc(C)n2)cc1. The van der Waals surface area contributed by atoms with E-state index in [4.69, 9.17) is 0 Å². The Balaban J connectivity index is 1.64. The molecule has 2 heterocycles. The standard InChI is InChI=1S/C21H25N7OS/c1-14-4-6-18(7-5-14)30-12-19(29)27-20(23-9-8-17-11-22-13-24-17)28-21-25-15(2)10-16(3)26-21/h4-7,10-11,13H,8-9,12H2,1-3H3,(H,22,24)(H2,23,25,26,27,28,29). The molecule has 0 bridgehead atoms. The van der Waals surface area contributed by atoms with Gasteiger partial charge in [0.2, 0.25) is 17.8 Å². The molecule has 3 aromatic rings. The topological polar surface area (TPSA) is 108 Å². The molecule has 9 heteroatoms. The van der Waals surface area contributed by atoms with Crippen LogP contribution in [0.25, 0.3) is 0 Å². The number of nitrogens with zero attached hydrogens (tertiary/aromatic N) is 4. The number of amides is 1. The molecule has 0 aliphatic carbocycles. The molecule has 0 radical (unpaired) electrons. The molecule has 156 valence electrons. The van der Waals surface area contributed by atoms with Crippen LogP contribution in [0.5, 0.6) is 0 Å². The largest absolute Gasteiger partial charge is 0.348 e. The number of carbonyl (C=O) groups excluding carboxylic acids is 1. The van der Waals surface area contributed by atoms with Crippen LogP contribution in [0.3, 0.4) is 0 Å². The molecule has 30 heavy (non-hydrogen) atoms. The summed E-state index contributed by atoms with van der Waals surface area (Å²) in [6.07, 6.45) is 4.06. The number of H-pyrrole nitrogens is 1. The molecule has 0 unspecified atom stereocenters. The molecule has 0 spiro atoms. The number of carbonyl (C=O) groups is 1. The van der Waals surface area contributed by atoms with Crippen molar-refractivity contribution in [3.05, 3.63) is 65.5 Å². The maximum absolute atomic E-state index is 12.5. The highest BCUT2D eigenvalue weighted by Gasteiger charge is 2.10. The van der Waals surface area contributed by atoms with E-state index in [2.05, 4.69) is 35.6 Å². The fourth-order valence-electron chi connectivity index (χ4n) is 2.66. The monoisotopic (exact) mass is 423 g/mol. The molecule has 3 rings (SSSR count). The average Bonchev–Trinajstić information content (AvgIpc) is 3.20. The lowest BCUT2D eigenvalue weighted by Gasteiger charge is -2.11. The van der Waals surface area contributed by atoms with Crippen LogP contribution < -0.4 is 10.6 Å². The highest BCUT2D eigenvalue weighted by Crippen LogP contribution is 2.17. The zero-order valence-electron chi connectivity index (χ0n) is 17.3. The van der Waals surface area contributed by atoms with E-state index in [-0.39, 0.29) is 11.7 Å². The zero-order valence-corrected chi connectivity index (χ0v) is 18.1. The molecule has 8 nitrogen and oxygen atoms in total. The van der Waals surface area contributed by atoms with Gasteiger partial charge in [-0.1, -0.05) is 17.7 Å². The third kappa shape index (κ3) is 7.00. The average molecular weight is 424 g/mol. The van der Waals surface area contributed by atoms with Crippen LogP contribution >= 0.6 is 11.8 Å². The van der Waals surface area contributed by atoms with E-state index in [1.807, 2.05) is 51.1 Å². The number of hydrogen-bond acceptors (Lipinski definition) is 6.